The maximum Gasteiger partial charge on any atom is 1.20 e. The normalized spacial score (nSPS) is 12.4. The van der Waals surface area contributed by atoms with Gasteiger partial charge in [-0.25, -0.2) is 0 Å². The second kappa shape index (κ2) is 9.14. The molecule has 0 unspecified atom stereocenters. The van der Waals surface area contributed by atoms with E-state index in [0.717, 1.165) is 45.3 Å². The zero-order chi connectivity index (χ0) is 22.7. The Morgan fingerprint density at radius 1 is 0.618 bits per heavy atom. The Balaban J connectivity index is 1.42. The number of rotatable bonds is 6. The molecule has 0 atom stereocenters. The number of hydrogen-bond acceptors (Lipinski definition) is 6. The van der Waals surface area contributed by atoms with E-state index >= 15 is 0 Å². The number of pyridine rings is 2. The van der Waals surface area contributed by atoms with Crippen molar-refractivity contribution in [1.29, 1.82) is 0 Å². The lowest BCUT2D eigenvalue weighted by atomic mass is 10.2. The van der Waals surface area contributed by atoms with E-state index in [9.17, 15) is 0 Å². The van der Waals surface area contributed by atoms with Crippen LogP contribution in [0.5, 0.6) is 17.2 Å². The predicted octanol–water partition coefficient (Wildman–Crippen LogP) is 4.11. The van der Waals surface area contributed by atoms with Crippen LogP contribution in [0.25, 0.3) is 27.9 Å². The average Bonchev–Trinajstić information content (AvgIpc) is 2.89. The minimum absolute atomic E-state index is 0.622. The van der Waals surface area contributed by atoms with Gasteiger partial charge in [-0.2, -0.15) is 0 Å². The van der Waals surface area contributed by atoms with Crippen molar-refractivity contribution in [2.24, 2.45) is 4.99 Å². The molecule has 1 aliphatic rings. The zero-order valence-corrected chi connectivity index (χ0v) is 19.5. The second-order valence-corrected chi connectivity index (χ2v) is 9.16. The Labute approximate surface area is 201 Å². The van der Waals surface area contributed by atoms with Crippen LogP contribution in [0.1, 0.15) is 6.42 Å². The predicted molar refractivity (Wildman–Crippen MR) is 132 cm³/mol. The Bertz CT molecular complexity index is 1530. The summed E-state index contributed by atoms with van der Waals surface area (Å²) in [6.07, 6.45) is 6.61. The fourth-order valence-corrected chi connectivity index (χ4v) is 5.43. The first-order valence-corrected chi connectivity index (χ1v) is 12.6. The van der Waals surface area contributed by atoms with Crippen molar-refractivity contribution in [3.63, 3.8) is 0 Å². The highest BCUT2D eigenvalue weighted by Crippen LogP contribution is 2.27. The lowest BCUT2D eigenvalue weighted by molar-refractivity contribution is 0.308. The number of benzene rings is 3. The molecule has 1 aliphatic heterocycles. The van der Waals surface area contributed by atoms with Crippen LogP contribution in [0.4, 0.5) is 0 Å². The summed E-state index contributed by atoms with van der Waals surface area (Å²) in [5, 5.41) is 3.88. The molecule has 0 fully saturated rings. The molecule has 5 aromatic rings. The number of aromatic nitrogens is 2. The maximum absolute atomic E-state index is 6.44. The summed E-state index contributed by atoms with van der Waals surface area (Å²) in [7, 11) is 0. The van der Waals surface area contributed by atoms with Gasteiger partial charge in [0.2, 0.25) is 0 Å². The molecule has 3 aromatic carbocycles. The zero-order valence-electron chi connectivity index (χ0n) is 18.3. The van der Waals surface area contributed by atoms with Crippen molar-refractivity contribution < 1.29 is 11.4 Å². The molecule has 164 valence electrons. The van der Waals surface area contributed by atoms with Crippen LogP contribution in [0.2, 0.25) is 0 Å². The fraction of sp³-hybridized carbons (Fsp3) is 0.0741. The van der Waals surface area contributed by atoms with Crippen molar-refractivity contribution in [2.75, 3.05) is 6.54 Å². The molecule has 0 N–H and O–H groups in total. The van der Waals surface area contributed by atoms with Gasteiger partial charge in [0.1, 0.15) is 33.6 Å². The van der Waals surface area contributed by atoms with Gasteiger partial charge in [-0.05, 0) is 42.0 Å². The van der Waals surface area contributed by atoms with Crippen LogP contribution < -0.4 is 21.9 Å². The Kier molecular flexibility index (Phi) is 5.56. The van der Waals surface area contributed by atoms with E-state index in [2.05, 4.69) is 16.0 Å². The van der Waals surface area contributed by atoms with Crippen LogP contribution >= 0.6 is 0 Å². The highest BCUT2D eigenvalue weighted by atomic mass is 27.3. The number of fused-ring (bicyclic) bond motifs is 3. The van der Waals surface area contributed by atoms with E-state index in [1.54, 1.807) is 12.4 Å². The molecule has 6 nitrogen and oxygen atoms in total. The van der Waals surface area contributed by atoms with E-state index in [4.69, 9.17) is 16.4 Å². The lowest BCUT2D eigenvalue weighted by Gasteiger charge is -2.18. The van der Waals surface area contributed by atoms with Crippen LogP contribution in [0.3, 0.4) is 0 Å². The highest BCUT2D eigenvalue weighted by molar-refractivity contribution is 6.40. The van der Waals surface area contributed by atoms with Gasteiger partial charge in [-0.3, -0.25) is 15.0 Å². The highest BCUT2D eigenvalue weighted by Gasteiger charge is 2.45. The molecule has 0 aliphatic carbocycles. The minimum atomic E-state index is -2.83. The lowest BCUT2D eigenvalue weighted by Crippen LogP contribution is -2.40. The largest absolute Gasteiger partial charge is 1.20 e. The Hall–Kier alpha value is -3.92. The molecular formula is C27H20AlN3O3. The van der Waals surface area contributed by atoms with Gasteiger partial charge in [0, 0.05) is 29.7 Å². The van der Waals surface area contributed by atoms with E-state index in [1.807, 2.05) is 78.9 Å². The summed E-state index contributed by atoms with van der Waals surface area (Å²) >= 11 is -2.83. The molecule has 34 heavy (non-hydrogen) atoms. The van der Waals surface area contributed by atoms with Crippen LogP contribution in [-0.2, 0) is 0 Å². The third-order valence-electron chi connectivity index (χ3n) is 5.65. The smallest absolute Gasteiger partial charge is 0.576 e. The standard InChI is InChI=1S/C9H9NO.2C9H7NO.Al/c3*11-8-5-1-3-7-4-2-6-10-9(7)8;/h1,3-5,11H,2,6H2;2*1-6,11H;/q;;;+3/p-3. The number of hydrogen-bond donors (Lipinski definition) is 0. The van der Waals surface area contributed by atoms with Crippen molar-refractivity contribution >= 4 is 43.0 Å². The first kappa shape index (κ1) is 20.7. The van der Waals surface area contributed by atoms with E-state index in [-0.39, 0.29) is 0 Å². The van der Waals surface area contributed by atoms with E-state index in [0.29, 0.717) is 17.2 Å². The monoisotopic (exact) mass is 461 g/mol. The molecule has 6 rings (SSSR count). The van der Waals surface area contributed by atoms with E-state index in [1.165, 1.54) is 0 Å². The van der Waals surface area contributed by atoms with Crippen molar-refractivity contribution in [2.45, 2.75) is 6.42 Å². The second-order valence-electron chi connectivity index (χ2n) is 7.87. The SMILES string of the molecule is C1=c2cccc([O][Al]([O]c3cccc4cccnc34)[O]c3cccc4cccnc34)c2=NCC1. The van der Waals surface area contributed by atoms with Crippen molar-refractivity contribution in [3.8, 4) is 17.2 Å². The Morgan fingerprint density at radius 3 is 1.85 bits per heavy atom. The molecule has 7 heteroatoms. The Morgan fingerprint density at radius 2 is 1.18 bits per heavy atom. The molecular weight excluding hydrogens is 441 g/mol. The molecule has 0 amide bonds. The molecule has 0 spiro atoms. The fourth-order valence-electron chi connectivity index (χ4n) is 4.09. The minimum Gasteiger partial charge on any atom is -0.576 e. The average molecular weight is 461 g/mol. The maximum atomic E-state index is 6.44. The summed E-state index contributed by atoms with van der Waals surface area (Å²) in [6, 6.07) is 25.4. The van der Waals surface area contributed by atoms with Crippen LogP contribution in [-0.4, -0.2) is 31.7 Å². The summed E-state index contributed by atoms with van der Waals surface area (Å²) in [5.74, 6) is 1.90. The summed E-state index contributed by atoms with van der Waals surface area (Å²) in [6.45, 7) is 0.738. The summed E-state index contributed by atoms with van der Waals surface area (Å²) < 4.78 is 19.3. The molecule has 0 bridgehead atoms. The van der Waals surface area contributed by atoms with Gasteiger partial charge < -0.3 is 11.4 Å². The van der Waals surface area contributed by atoms with Gasteiger partial charge in [-0.1, -0.05) is 54.6 Å². The number of para-hydroxylation sites is 3. The van der Waals surface area contributed by atoms with Gasteiger partial charge in [-0.15, -0.1) is 0 Å². The molecule has 0 saturated heterocycles. The van der Waals surface area contributed by atoms with Crippen LogP contribution in [0.15, 0.2) is 96.2 Å². The first-order chi connectivity index (χ1) is 16.8. The molecule has 0 saturated carbocycles. The quantitative estimate of drug-likeness (QED) is 0.356. The number of nitrogens with zero attached hydrogens (tertiary/aromatic N) is 3. The third kappa shape index (κ3) is 4.08. The molecule has 0 radical (unpaired) electrons. The third-order valence-corrected chi connectivity index (χ3v) is 6.99. The summed E-state index contributed by atoms with van der Waals surface area (Å²) in [4.78, 5) is 13.7. The van der Waals surface area contributed by atoms with E-state index < -0.39 is 15.1 Å². The first-order valence-electron chi connectivity index (χ1n) is 11.2. The van der Waals surface area contributed by atoms with Crippen molar-refractivity contribution in [3.05, 3.63) is 102 Å². The van der Waals surface area contributed by atoms with Gasteiger partial charge in [0.15, 0.2) is 0 Å². The van der Waals surface area contributed by atoms with Gasteiger partial charge in [0.25, 0.3) is 0 Å². The molecule has 2 aromatic heterocycles. The summed E-state index contributed by atoms with van der Waals surface area (Å²) in [5.41, 5.74) is 1.53. The molecule has 3 heterocycles. The topological polar surface area (TPSA) is 65.8 Å². The van der Waals surface area contributed by atoms with Gasteiger partial charge in [0.05, 0.1) is 0 Å². The van der Waals surface area contributed by atoms with Gasteiger partial charge >= 0.3 is 15.1 Å². The van der Waals surface area contributed by atoms with Crippen molar-refractivity contribution in [1.82, 2.24) is 9.97 Å². The van der Waals surface area contributed by atoms with Crippen LogP contribution in [0, 0.1) is 0 Å².